The first kappa shape index (κ1) is 17.0. The maximum absolute atomic E-state index is 12.7. The number of anilines is 1. The normalized spacial score (nSPS) is 12.5. The van der Waals surface area contributed by atoms with Crippen LogP contribution in [0.3, 0.4) is 0 Å². The fraction of sp³-hybridized carbons (Fsp3) is 0.500. The number of nitrogens with two attached hydrogens (primary N) is 1. The molecule has 5 nitrogen and oxygen atoms in total. The van der Waals surface area contributed by atoms with Gasteiger partial charge in [0.15, 0.2) is 5.84 Å². The van der Waals surface area contributed by atoms with Crippen molar-refractivity contribution in [3.05, 3.63) is 29.8 Å². The molecule has 0 spiro atoms. The number of para-hydroxylation sites is 1. The molecule has 116 valence electrons. The van der Waals surface area contributed by atoms with Crippen LogP contribution in [-0.2, 0) is 4.79 Å². The summed E-state index contributed by atoms with van der Waals surface area (Å²) in [5.41, 5.74) is 6.61. The zero-order valence-corrected chi connectivity index (χ0v) is 13.2. The number of amides is 1. The van der Waals surface area contributed by atoms with Crippen molar-refractivity contribution in [1.29, 1.82) is 0 Å². The zero-order valence-electron chi connectivity index (χ0n) is 13.2. The van der Waals surface area contributed by atoms with Gasteiger partial charge in [-0.25, -0.2) is 0 Å². The Kier molecular flexibility index (Phi) is 5.76. The largest absolute Gasteiger partial charge is 0.409 e. The molecule has 0 bridgehead atoms. The summed E-state index contributed by atoms with van der Waals surface area (Å²) in [6.45, 7) is 7.85. The molecule has 0 aliphatic carbocycles. The van der Waals surface area contributed by atoms with Gasteiger partial charge in [-0.15, -0.1) is 0 Å². The molecule has 1 aromatic rings. The summed E-state index contributed by atoms with van der Waals surface area (Å²) in [5, 5.41) is 15.0. The highest BCUT2D eigenvalue weighted by atomic mass is 16.4. The van der Waals surface area contributed by atoms with Crippen molar-refractivity contribution in [3.8, 4) is 0 Å². The summed E-state index contributed by atoms with van der Waals surface area (Å²) in [6, 6.07) is 7.69. The third-order valence-electron chi connectivity index (χ3n) is 4.07. The van der Waals surface area contributed by atoms with Crippen LogP contribution in [0.2, 0.25) is 0 Å². The Morgan fingerprint density at radius 1 is 1.33 bits per heavy atom. The Morgan fingerprint density at radius 2 is 1.90 bits per heavy atom. The van der Waals surface area contributed by atoms with E-state index in [1.165, 1.54) is 0 Å². The monoisotopic (exact) mass is 291 g/mol. The van der Waals surface area contributed by atoms with E-state index in [1.807, 2.05) is 38.1 Å². The lowest BCUT2D eigenvalue weighted by Gasteiger charge is -2.29. The third-order valence-corrected chi connectivity index (χ3v) is 4.07. The molecule has 4 N–H and O–H groups in total. The molecule has 21 heavy (non-hydrogen) atoms. The van der Waals surface area contributed by atoms with E-state index in [1.54, 1.807) is 0 Å². The van der Waals surface area contributed by atoms with Crippen LogP contribution in [0, 0.1) is 5.41 Å². The standard InChI is InChI=1S/C16H25N3O2/c1-5-16(6-2,14(17)19-21)15(20)18-13-10-8-7-9-12(13)11(3)4/h7-11,21H,5-6H2,1-4H3,(H2,17,19)(H,18,20). The number of carbonyl (C=O) groups is 1. The number of oxime groups is 1. The van der Waals surface area contributed by atoms with Gasteiger partial charge < -0.3 is 16.3 Å². The van der Waals surface area contributed by atoms with Gasteiger partial charge in [0.1, 0.15) is 5.41 Å². The number of benzene rings is 1. The molecule has 0 saturated carbocycles. The molecular weight excluding hydrogens is 266 g/mol. The molecule has 1 rings (SSSR count). The minimum Gasteiger partial charge on any atom is -0.409 e. The summed E-state index contributed by atoms with van der Waals surface area (Å²) < 4.78 is 0. The Morgan fingerprint density at radius 3 is 2.38 bits per heavy atom. The molecule has 0 aliphatic heterocycles. The Labute approximate surface area is 126 Å². The molecule has 5 heteroatoms. The summed E-state index contributed by atoms with van der Waals surface area (Å²) >= 11 is 0. The zero-order chi connectivity index (χ0) is 16.0. The molecule has 0 heterocycles. The van der Waals surface area contributed by atoms with E-state index >= 15 is 0 Å². The average Bonchev–Trinajstić information content (AvgIpc) is 2.49. The van der Waals surface area contributed by atoms with Crippen LogP contribution >= 0.6 is 0 Å². The number of nitrogens with zero attached hydrogens (tertiary/aromatic N) is 1. The second-order valence-electron chi connectivity index (χ2n) is 5.47. The van der Waals surface area contributed by atoms with E-state index in [-0.39, 0.29) is 11.7 Å². The predicted octanol–water partition coefficient (Wildman–Crippen LogP) is 3.30. The number of nitrogens with one attached hydrogen (secondary N) is 1. The van der Waals surface area contributed by atoms with Gasteiger partial charge in [-0.3, -0.25) is 4.79 Å². The third kappa shape index (κ3) is 3.35. The van der Waals surface area contributed by atoms with Crippen LogP contribution in [0.15, 0.2) is 29.4 Å². The van der Waals surface area contributed by atoms with Crippen molar-refractivity contribution in [2.24, 2.45) is 16.3 Å². The number of carbonyl (C=O) groups excluding carboxylic acids is 1. The van der Waals surface area contributed by atoms with Gasteiger partial charge in [-0.05, 0) is 30.4 Å². The van der Waals surface area contributed by atoms with E-state index in [9.17, 15) is 4.79 Å². The summed E-state index contributed by atoms with van der Waals surface area (Å²) in [5.74, 6) is 0.00550. The second-order valence-corrected chi connectivity index (χ2v) is 5.47. The first-order valence-electron chi connectivity index (χ1n) is 7.31. The molecule has 0 atom stereocenters. The molecule has 0 radical (unpaired) electrons. The fourth-order valence-corrected chi connectivity index (χ4v) is 2.50. The Bertz CT molecular complexity index is 520. The molecule has 0 aliphatic rings. The Balaban J connectivity index is 3.15. The van der Waals surface area contributed by atoms with Crippen molar-refractivity contribution >= 4 is 17.4 Å². The van der Waals surface area contributed by atoms with Crippen LogP contribution in [0.4, 0.5) is 5.69 Å². The maximum atomic E-state index is 12.7. The van der Waals surface area contributed by atoms with E-state index in [2.05, 4.69) is 24.3 Å². The van der Waals surface area contributed by atoms with Crippen molar-refractivity contribution < 1.29 is 10.0 Å². The van der Waals surface area contributed by atoms with E-state index in [0.717, 1.165) is 11.3 Å². The van der Waals surface area contributed by atoms with Crippen LogP contribution in [-0.4, -0.2) is 17.0 Å². The molecule has 1 aromatic carbocycles. The SMILES string of the molecule is CCC(CC)(C(=O)Nc1ccccc1C(C)C)C(N)=NO. The van der Waals surface area contributed by atoms with Gasteiger partial charge in [0, 0.05) is 5.69 Å². The number of amidine groups is 1. The van der Waals surface area contributed by atoms with Crippen LogP contribution in [0.5, 0.6) is 0 Å². The van der Waals surface area contributed by atoms with E-state index < -0.39 is 5.41 Å². The quantitative estimate of drug-likeness (QED) is 0.325. The molecular formula is C16H25N3O2. The lowest BCUT2D eigenvalue weighted by atomic mass is 9.80. The molecule has 0 saturated heterocycles. The van der Waals surface area contributed by atoms with Crippen LogP contribution in [0.1, 0.15) is 52.0 Å². The molecule has 0 unspecified atom stereocenters. The van der Waals surface area contributed by atoms with Gasteiger partial charge in [-0.1, -0.05) is 51.0 Å². The highest BCUT2D eigenvalue weighted by molar-refractivity contribution is 6.12. The lowest BCUT2D eigenvalue weighted by Crippen LogP contribution is -2.46. The maximum Gasteiger partial charge on any atom is 0.238 e. The minimum atomic E-state index is -0.987. The Hall–Kier alpha value is -2.04. The van der Waals surface area contributed by atoms with Gasteiger partial charge in [0.05, 0.1) is 0 Å². The van der Waals surface area contributed by atoms with Crippen molar-refractivity contribution in [2.75, 3.05) is 5.32 Å². The first-order chi connectivity index (χ1) is 9.92. The van der Waals surface area contributed by atoms with Crippen molar-refractivity contribution in [2.45, 2.75) is 46.5 Å². The fourth-order valence-electron chi connectivity index (χ4n) is 2.50. The van der Waals surface area contributed by atoms with Crippen molar-refractivity contribution in [3.63, 3.8) is 0 Å². The molecule has 1 amide bonds. The van der Waals surface area contributed by atoms with Gasteiger partial charge in [0.2, 0.25) is 5.91 Å². The topological polar surface area (TPSA) is 87.7 Å². The van der Waals surface area contributed by atoms with Gasteiger partial charge >= 0.3 is 0 Å². The summed E-state index contributed by atoms with van der Waals surface area (Å²) in [7, 11) is 0. The highest BCUT2D eigenvalue weighted by Gasteiger charge is 2.40. The molecule has 0 fully saturated rings. The van der Waals surface area contributed by atoms with Gasteiger partial charge in [0.25, 0.3) is 0 Å². The number of rotatable bonds is 6. The highest BCUT2D eigenvalue weighted by Crippen LogP contribution is 2.31. The first-order valence-corrected chi connectivity index (χ1v) is 7.31. The number of hydrogen-bond donors (Lipinski definition) is 3. The predicted molar refractivity (Wildman–Crippen MR) is 85.6 cm³/mol. The van der Waals surface area contributed by atoms with Crippen LogP contribution in [0.25, 0.3) is 0 Å². The smallest absolute Gasteiger partial charge is 0.238 e. The van der Waals surface area contributed by atoms with Crippen LogP contribution < -0.4 is 11.1 Å². The van der Waals surface area contributed by atoms with E-state index in [4.69, 9.17) is 10.9 Å². The lowest BCUT2D eigenvalue weighted by molar-refractivity contribution is -0.122. The van der Waals surface area contributed by atoms with Crippen molar-refractivity contribution in [1.82, 2.24) is 0 Å². The minimum absolute atomic E-state index is 0.0490. The average molecular weight is 291 g/mol. The van der Waals surface area contributed by atoms with E-state index in [0.29, 0.717) is 18.8 Å². The number of hydrogen-bond acceptors (Lipinski definition) is 3. The molecule has 0 aromatic heterocycles. The summed E-state index contributed by atoms with van der Waals surface area (Å²) in [4.78, 5) is 12.7. The van der Waals surface area contributed by atoms with Gasteiger partial charge in [-0.2, -0.15) is 0 Å². The summed E-state index contributed by atoms with van der Waals surface area (Å²) in [6.07, 6.45) is 0.935. The second kappa shape index (κ2) is 7.11.